The van der Waals surface area contributed by atoms with Crippen molar-refractivity contribution >= 4 is 11.6 Å². The molecule has 1 aromatic carbocycles. The van der Waals surface area contributed by atoms with Crippen LogP contribution in [0.1, 0.15) is 25.6 Å². The molecule has 0 saturated carbocycles. The van der Waals surface area contributed by atoms with E-state index < -0.39 is 0 Å². The summed E-state index contributed by atoms with van der Waals surface area (Å²) in [6.45, 7) is 3.96. The standard InChI is InChI=1S/C11H13ClN4/c1-8(9(2)12)11-13-14-15-16(11)10-6-4-3-5-7-10/h3-9H,1-2H3. The normalized spacial score (nSPS) is 14.7. The summed E-state index contributed by atoms with van der Waals surface area (Å²) in [5.74, 6) is 0.894. The highest BCUT2D eigenvalue weighted by Gasteiger charge is 2.19. The third-order valence-electron chi connectivity index (χ3n) is 2.59. The maximum absolute atomic E-state index is 6.07. The Morgan fingerprint density at radius 3 is 2.50 bits per heavy atom. The molecule has 2 rings (SSSR count). The van der Waals surface area contributed by atoms with E-state index in [1.807, 2.05) is 44.2 Å². The largest absolute Gasteiger partial charge is 0.197 e. The Morgan fingerprint density at radius 1 is 1.19 bits per heavy atom. The molecule has 16 heavy (non-hydrogen) atoms. The van der Waals surface area contributed by atoms with Crippen LogP contribution in [0.25, 0.3) is 5.69 Å². The van der Waals surface area contributed by atoms with Gasteiger partial charge in [0.15, 0.2) is 5.82 Å². The van der Waals surface area contributed by atoms with Crippen molar-refractivity contribution in [3.8, 4) is 5.69 Å². The second-order valence-corrected chi connectivity index (χ2v) is 4.44. The van der Waals surface area contributed by atoms with Crippen LogP contribution >= 0.6 is 11.6 Å². The van der Waals surface area contributed by atoms with E-state index in [1.54, 1.807) is 4.68 Å². The molecule has 2 atom stereocenters. The summed E-state index contributed by atoms with van der Waals surface area (Å²) >= 11 is 6.07. The highest BCUT2D eigenvalue weighted by molar-refractivity contribution is 6.20. The molecule has 2 unspecified atom stereocenters. The summed E-state index contributed by atoms with van der Waals surface area (Å²) in [6.07, 6.45) is 0. The van der Waals surface area contributed by atoms with Crippen LogP contribution in [0, 0.1) is 0 Å². The first-order valence-corrected chi connectivity index (χ1v) is 5.61. The number of para-hydroxylation sites is 1. The minimum Gasteiger partial charge on any atom is -0.197 e. The summed E-state index contributed by atoms with van der Waals surface area (Å²) in [7, 11) is 0. The lowest BCUT2D eigenvalue weighted by Gasteiger charge is -2.12. The van der Waals surface area contributed by atoms with Gasteiger partial charge >= 0.3 is 0 Å². The molecule has 1 heterocycles. The molecule has 0 spiro atoms. The third kappa shape index (κ3) is 2.07. The summed E-state index contributed by atoms with van der Waals surface area (Å²) in [5, 5.41) is 11.7. The minimum atomic E-state index is -0.00605. The Labute approximate surface area is 99.2 Å². The zero-order valence-corrected chi connectivity index (χ0v) is 9.96. The fourth-order valence-electron chi connectivity index (χ4n) is 1.44. The predicted molar refractivity (Wildman–Crippen MR) is 62.9 cm³/mol. The van der Waals surface area contributed by atoms with Gasteiger partial charge in [0.05, 0.1) is 5.69 Å². The fourth-order valence-corrected chi connectivity index (χ4v) is 1.55. The van der Waals surface area contributed by atoms with Crippen molar-refractivity contribution < 1.29 is 0 Å². The Kier molecular flexibility index (Phi) is 3.19. The van der Waals surface area contributed by atoms with Crippen molar-refractivity contribution in [1.82, 2.24) is 20.2 Å². The van der Waals surface area contributed by atoms with Gasteiger partial charge in [-0.3, -0.25) is 0 Å². The van der Waals surface area contributed by atoms with Crippen molar-refractivity contribution in [2.75, 3.05) is 0 Å². The second kappa shape index (κ2) is 4.61. The van der Waals surface area contributed by atoms with Gasteiger partial charge in [-0.05, 0) is 29.5 Å². The lowest BCUT2D eigenvalue weighted by atomic mass is 10.1. The van der Waals surface area contributed by atoms with Crippen LogP contribution in [0.15, 0.2) is 30.3 Å². The number of benzene rings is 1. The average Bonchev–Trinajstić information content (AvgIpc) is 2.77. The Bertz CT molecular complexity index is 452. The second-order valence-electron chi connectivity index (χ2n) is 3.75. The van der Waals surface area contributed by atoms with Crippen LogP contribution in [-0.4, -0.2) is 25.6 Å². The molecule has 0 amide bonds. The van der Waals surface area contributed by atoms with E-state index in [-0.39, 0.29) is 11.3 Å². The van der Waals surface area contributed by atoms with Gasteiger partial charge in [0.25, 0.3) is 0 Å². The van der Waals surface area contributed by atoms with Crippen LogP contribution in [0.3, 0.4) is 0 Å². The molecule has 0 bridgehead atoms. The van der Waals surface area contributed by atoms with Gasteiger partial charge in [-0.25, -0.2) is 0 Å². The lowest BCUT2D eigenvalue weighted by molar-refractivity contribution is 0.652. The lowest BCUT2D eigenvalue weighted by Crippen LogP contribution is -2.12. The van der Waals surface area contributed by atoms with E-state index in [1.165, 1.54) is 0 Å². The maximum Gasteiger partial charge on any atom is 0.160 e. The van der Waals surface area contributed by atoms with E-state index in [0.29, 0.717) is 0 Å². The molecule has 0 radical (unpaired) electrons. The Morgan fingerprint density at radius 2 is 1.88 bits per heavy atom. The van der Waals surface area contributed by atoms with Crippen molar-refractivity contribution in [2.45, 2.75) is 25.1 Å². The topological polar surface area (TPSA) is 43.6 Å². The molecule has 0 fully saturated rings. The molecule has 0 saturated heterocycles. The molecular formula is C11H13ClN4. The number of hydrogen-bond donors (Lipinski definition) is 0. The van der Waals surface area contributed by atoms with Gasteiger partial charge < -0.3 is 0 Å². The van der Waals surface area contributed by atoms with Crippen LogP contribution < -0.4 is 0 Å². The smallest absolute Gasteiger partial charge is 0.160 e. The average molecular weight is 237 g/mol. The number of hydrogen-bond acceptors (Lipinski definition) is 3. The third-order valence-corrected chi connectivity index (χ3v) is 2.97. The van der Waals surface area contributed by atoms with Gasteiger partial charge in [-0.2, -0.15) is 4.68 Å². The van der Waals surface area contributed by atoms with Crippen molar-refractivity contribution in [2.24, 2.45) is 0 Å². The van der Waals surface area contributed by atoms with Crippen molar-refractivity contribution in [1.29, 1.82) is 0 Å². The van der Waals surface area contributed by atoms with E-state index in [0.717, 1.165) is 11.5 Å². The highest BCUT2D eigenvalue weighted by Crippen LogP contribution is 2.22. The van der Waals surface area contributed by atoms with E-state index >= 15 is 0 Å². The van der Waals surface area contributed by atoms with Crippen LogP contribution in [-0.2, 0) is 0 Å². The van der Waals surface area contributed by atoms with Crippen molar-refractivity contribution in [3.63, 3.8) is 0 Å². The van der Waals surface area contributed by atoms with Crippen LogP contribution in [0.2, 0.25) is 0 Å². The first-order valence-electron chi connectivity index (χ1n) is 5.18. The van der Waals surface area contributed by atoms with Gasteiger partial charge in [-0.15, -0.1) is 16.7 Å². The Balaban J connectivity index is 2.40. The summed E-state index contributed by atoms with van der Waals surface area (Å²) in [5.41, 5.74) is 0.951. The molecule has 5 heteroatoms. The van der Waals surface area contributed by atoms with Crippen LogP contribution in [0.4, 0.5) is 0 Å². The van der Waals surface area contributed by atoms with E-state index in [4.69, 9.17) is 11.6 Å². The maximum atomic E-state index is 6.07. The number of rotatable bonds is 3. The number of halogens is 1. The zero-order valence-electron chi connectivity index (χ0n) is 9.21. The summed E-state index contributed by atoms with van der Waals surface area (Å²) in [6, 6.07) is 9.79. The van der Waals surface area contributed by atoms with E-state index in [2.05, 4.69) is 15.5 Å². The minimum absolute atomic E-state index is 0.00605. The molecule has 0 aliphatic heterocycles. The van der Waals surface area contributed by atoms with Gasteiger partial charge in [0, 0.05) is 11.3 Å². The van der Waals surface area contributed by atoms with E-state index in [9.17, 15) is 0 Å². The molecule has 1 aromatic heterocycles. The highest BCUT2D eigenvalue weighted by atomic mass is 35.5. The zero-order chi connectivity index (χ0) is 11.5. The Hall–Kier alpha value is -1.42. The number of tetrazole rings is 1. The molecular weight excluding hydrogens is 224 g/mol. The molecule has 0 aliphatic rings. The predicted octanol–water partition coefficient (Wildman–Crippen LogP) is 2.39. The van der Waals surface area contributed by atoms with Crippen LogP contribution in [0.5, 0.6) is 0 Å². The van der Waals surface area contributed by atoms with Gasteiger partial charge in [0.1, 0.15) is 0 Å². The SMILES string of the molecule is CC(Cl)C(C)c1nnnn1-c1ccccc1. The summed E-state index contributed by atoms with van der Waals surface area (Å²) in [4.78, 5) is 0. The van der Waals surface area contributed by atoms with Gasteiger partial charge in [-0.1, -0.05) is 25.1 Å². The molecule has 4 nitrogen and oxygen atoms in total. The number of nitrogens with zero attached hydrogens (tertiary/aromatic N) is 4. The van der Waals surface area contributed by atoms with Crippen molar-refractivity contribution in [3.05, 3.63) is 36.2 Å². The molecule has 2 aromatic rings. The molecule has 84 valence electrons. The van der Waals surface area contributed by atoms with Gasteiger partial charge in [0.2, 0.25) is 0 Å². The molecule has 0 aliphatic carbocycles. The molecule has 0 N–H and O–H groups in total. The first kappa shape index (κ1) is 11.1. The number of aromatic nitrogens is 4. The summed E-state index contributed by atoms with van der Waals surface area (Å²) < 4.78 is 1.73. The number of alkyl halides is 1. The first-order chi connectivity index (χ1) is 7.70. The fraction of sp³-hybridized carbons (Fsp3) is 0.364. The monoisotopic (exact) mass is 236 g/mol. The quantitative estimate of drug-likeness (QED) is 0.769.